The number of aromatic nitrogens is 5. The summed E-state index contributed by atoms with van der Waals surface area (Å²) in [5, 5.41) is 21.0. The number of benzene rings is 1. The number of hydrogen-bond acceptors (Lipinski definition) is 7. The van der Waals surface area contributed by atoms with Gasteiger partial charge in [0.2, 0.25) is 0 Å². The summed E-state index contributed by atoms with van der Waals surface area (Å²) < 4.78 is 1.76. The van der Waals surface area contributed by atoms with Crippen molar-refractivity contribution in [1.82, 2.24) is 30.0 Å². The van der Waals surface area contributed by atoms with Gasteiger partial charge in [0.15, 0.2) is 5.65 Å². The van der Waals surface area contributed by atoms with Crippen LogP contribution in [0, 0.1) is 6.92 Å². The van der Waals surface area contributed by atoms with Crippen LogP contribution < -0.4 is 10.2 Å². The van der Waals surface area contributed by atoms with Crippen LogP contribution in [0.2, 0.25) is 0 Å². The molecule has 0 aliphatic carbocycles. The standard InChI is InChI=1S/C27H27N7O/c1-16-14-34(9-8-28-16)19-11-21-20(23-6-4-5-7-29-23)12-24(31-27(21)30-13-19)22-10-18-15-33(3)32-25(18)17(2)26(22)35/h4-7,10-13,15-16,28,35H,8-9,14H2,1-3H3. The van der Waals surface area contributed by atoms with Crippen LogP contribution in [0.1, 0.15) is 12.5 Å². The lowest BCUT2D eigenvalue weighted by Gasteiger charge is -2.33. The Hall–Kier alpha value is -4.04. The van der Waals surface area contributed by atoms with Gasteiger partial charge in [-0.15, -0.1) is 0 Å². The number of aryl methyl sites for hydroxylation is 2. The van der Waals surface area contributed by atoms with E-state index in [1.165, 1.54) is 0 Å². The molecule has 5 heterocycles. The second kappa shape index (κ2) is 8.32. The fourth-order valence-electron chi connectivity index (χ4n) is 4.94. The Balaban J connectivity index is 1.57. The number of pyridine rings is 3. The third-order valence-corrected chi connectivity index (χ3v) is 6.72. The van der Waals surface area contributed by atoms with Gasteiger partial charge in [-0.05, 0) is 44.2 Å². The van der Waals surface area contributed by atoms with Crippen molar-refractivity contribution in [3.8, 4) is 28.3 Å². The largest absolute Gasteiger partial charge is 0.507 e. The van der Waals surface area contributed by atoms with Crippen LogP contribution in [-0.2, 0) is 7.05 Å². The first kappa shape index (κ1) is 21.5. The number of aromatic hydroxyl groups is 1. The molecule has 1 unspecified atom stereocenters. The molecule has 0 amide bonds. The van der Waals surface area contributed by atoms with Crippen molar-refractivity contribution in [1.29, 1.82) is 0 Å². The Morgan fingerprint density at radius 1 is 1.09 bits per heavy atom. The molecule has 1 atom stereocenters. The predicted molar refractivity (Wildman–Crippen MR) is 139 cm³/mol. The van der Waals surface area contributed by atoms with Crippen LogP contribution in [0.5, 0.6) is 5.75 Å². The highest BCUT2D eigenvalue weighted by atomic mass is 16.3. The lowest BCUT2D eigenvalue weighted by molar-refractivity contribution is 0.474. The highest BCUT2D eigenvalue weighted by molar-refractivity contribution is 5.97. The van der Waals surface area contributed by atoms with E-state index in [2.05, 4.69) is 33.3 Å². The summed E-state index contributed by atoms with van der Waals surface area (Å²) in [6.07, 6.45) is 5.64. The number of fused-ring (bicyclic) bond motifs is 2. The van der Waals surface area contributed by atoms with E-state index in [1.54, 1.807) is 10.9 Å². The topological polar surface area (TPSA) is 92.0 Å². The van der Waals surface area contributed by atoms with Crippen LogP contribution in [0.3, 0.4) is 0 Å². The van der Waals surface area contributed by atoms with E-state index in [1.807, 2.05) is 56.7 Å². The van der Waals surface area contributed by atoms with Crippen LogP contribution in [-0.4, -0.2) is 55.5 Å². The Kier molecular flexibility index (Phi) is 5.11. The van der Waals surface area contributed by atoms with E-state index in [0.29, 0.717) is 22.9 Å². The van der Waals surface area contributed by atoms with E-state index in [0.717, 1.165) is 58.4 Å². The lowest BCUT2D eigenvalue weighted by atomic mass is 9.99. The van der Waals surface area contributed by atoms with Crippen LogP contribution in [0.4, 0.5) is 5.69 Å². The highest BCUT2D eigenvalue weighted by Gasteiger charge is 2.20. The van der Waals surface area contributed by atoms with Crippen molar-refractivity contribution < 1.29 is 5.11 Å². The second-order valence-electron chi connectivity index (χ2n) is 9.27. The zero-order chi connectivity index (χ0) is 24.1. The Morgan fingerprint density at radius 3 is 2.77 bits per heavy atom. The molecule has 0 radical (unpaired) electrons. The van der Waals surface area contributed by atoms with Crippen molar-refractivity contribution >= 4 is 27.6 Å². The van der Waals surface area contributed by atoms with Crippen LogP contribution in [0.25, 0.3) is 44.5 Å². The van der Waals surface area contributed by atoms with E-state index in [-0.39, 0.29) is 5.75 Å². The minimum atomic E-state index is 0.182. The zero-order valence-corrected chi connectivity index (χ0v) is 20.0. The third kappa shape index (κ3) is 3.76. The fraction of sp³-hybridized carbons (Fsp3) is 0.259. The van der Waals surface area contributed by atoms with Gasteiger partial charge in [0.05, 0.1) is 28.8 Å². The third-order valence-electron chi connectivity index (χ3n) is 6.72. The average molecular weight is 466 g/mol. The van der Waals surface area contributed by atoms with Gasteiger partial charge in [-0.2, -0.15) is 5.10 Å². The number of anilines is 1. The summed E-state index contributed by atoms with van der Waals surface area (Å²) in [5.74, 6) is 0.182. The molecule has 2 N–H and O–H groups in total. The summed E-state index contributed by atoms with van der Waals surface area (Å²) in [4.78, 5) is 16.6. The smallest absolute Gasteiger partial charge is 0.160 e. The molecule has 1 saturated heterocycles. The lowest BCUT2D eigenvalue weighted by Crippen LogP contribution is -2.49. The Bertz CT molecular complexity index is 1560. The van der Waals surface area contributed by atoms with Crippen LogP contribution in [0.15, 0.2) is 55.0 Å². The van der Waals surface area contributed by atoms with Crippen molar-refractivity contribution in [3.63, 3.8) is 0 Å². The molecule has 0 bridgehead atoms. The molecular formula is C27H27N7O. The molecule has 8 heteroatoms. The summed E-state index contributed by atoms with van der Waals surface area (Å²) >= 11 is 0. The molecule has 1 aliphatic heterocycles. The molecule has 1 fully saturated rings. The van der Waals surface area contributed by atoms with Gasteiger partial charge >= 0.3 is 0 Å². The quantitative estimate of drug-likeness (QED) is 0.415. The van der Waals surface area contributed by atoms with Crippen molar-refractivity contribution in [2.24, 2.45) is 7.05 Å². The van der Waals surface area contributed by atoms with Crippen molar-refractivity contribution in [2.45, 2.75) is 19.9 Å². The summed E-state index contributed by atoms with van der Waals surface area (Å²) in [6.45, 7) is 6.88. The van der Waals surface area contributed by atoms with Gasteiger partial charge in [0, 0.05) is 72.6 Å². The first-order chi connectivity index (χ1) is 17.0. The van der Waals surface area contributed by atoms with Gasteiger partial charge in [0.1, 0.15) is 5.75 Å². The number of phenols is 1. The maximum absolute atomic E-state index is 11.1. The zero-order valence-electron chi connectivity index (χ0n) is 20.0. The fourth-order valence-corrected chi connectivity index (χ4v) is 4.94. The minimum Gasteiger partial charge on any atom is -0.507 e. The van der Waals surface area contributed by atoms with Gasteiger partial charge in [-0.25, -0.2) is 9.97 Å². The maximum Gasteiger partial charge on any atom is 0.160 e. The molecule has 5 aromatic rings. The highest BCUT2D eigenvalue weighted by Crippen LogP contribution is 2.39. The molecule has 176 valence electrons. The number of rotatable bonds is 3. The number of piperazine rings is 1. The maximum atomic E-state index is 11.1. The number of hydrogen-bond donors (Lipinski definition) is 2. The molecule has 35 heavy (non-hydrogen) atoms. The first-order valence-electron chi connectivity index (χ1n) is 11.8. The van der Waals surface area contributed by atoms with Gasteiger partial charge < -0.3 is 15.3 Å². The minimum absolute atomic E-state index is 0.182. The molecule has 6 rings (SSSR count). The van der Waals surface area contributed by atoms with Crippen molar-refractivity contribution in [3.05, 3.63) is 60.6 Å². The van der Waals surface area contributed by atoms with E-state index in [9.17, 15) is 5.11 Å². The van der Waals surface area contributed by atoms with E-state index in [4.69, 9.17) is 9.97 Å². The normalized spacial score (nSPS) is 16.3. The second-order valence-corrected chi connectivity index (χ2v) is 9.27. The van der Waals surface area contributed by atoms with Gasteiger partial charge in [-0.1, -0.05) is 6.07 Å². The Morgan fingerprint density at radius 2 is 1.97 bits per heavy atom. The first-order valence-corrected chi connectivity index (χ1v) is 11.8. The van der Waals surface area contributed by atoms with E-state index >= 15 is 0 Å². The summed E-state index contributed by atoms with van der Waals surface area (Å²) in [5.41, 5.74) is 6.30. The molecule has 1 aromatic carbocycles. The van der Waals surface area contributed by atoms with Crippen molar-refractivity contribution in [2.75, 3.05) is 24.5 Å². The number of phenolic OH excluding ortho intramolecular Hbond substituents is 1. The average Bonchev–Trinajstić information content (AvgIpc) is 3.26. The SMILES string of the molecule is Cc1c(O)c(-c2cc(-c3ccccn3)c3cc(N4CCNC(C)C4)cnc3n2)cc2cn(C)nc12. The molecule has 0 saturated carbocycles. The molecule has 8 nitrogen and oxygen atoms in total. The number of nitrogens with one attached hydrogen (secondary N) is 1. The molecule has 1 aliphatic rings. The van der Waals surface area contributed by atoms with E-state index < -0.39 is 0 Å². The van der Waals surface area contributed by atoms with Gasteiger partial charge in [0.25, 0.3) is 0 Å². The molecular weight excluding hydrogens is 438 g/mol. The predicted octanol–water partition coefficient (Wildman–Crippen LogP) is 4.06. The monoisotopic (exact) mass is 465 g/mol. The summed E-state index contributed by atoms with van der Waals surface area (Å²) in [7, 11) is 1.88. The molecule has 0 spiro atoms. The van der Waals surface area contributed by atoms with Gasteiger partial charge in [-0.3, -0.25) is 9.67 Å². The van der Waals surface area contributed by atoms with Crippen LogP contribution >= 0.6 is 0 Å². The molecule has 4 aromatic heterocycles. The summed E-state index contributed by atoms with van der Waals surface area (Å²) in [6, 6.07) is 12.4. The Labute approximate surface area is 203 Å². The number of nitrogens with zero attached hydrogens (tertiary/aromatic N) is 6.